The van der Waals surface area contributed by atoms with Gasteiger partial charge in [-0.3, -0.25) is 4.79 Å². The average Bonchev–Trinajstić information content (AvgIpc) is 3.22. The zero-order valence-corrected chi connectivity index (χ0v) is 24.0. The summed E-state index contributed by atoms with van der Waals surface area (Å²) < 4.78 is 6.17. The number of hydrogen-bond donors (Lipinski definition) is 1. The molecule has 0 bridgehead atoms. The predicted molar refractivity (Wildman–Crippen MR) is 147 cm³/mol. The standard InChI is InChI=1S/C29H21ClN2O4S.Na/c30-23-9-5-19(6-10-23)17-36-25-15-21-4-2-1-3-20(21)14-22(25)16-26-28(35)32-29(37-26)31-24-11-7-18(8-12-24)13-27(33)34;/h1-12,14-16H,13,17H2,(H,33,34)(H,31,32,35);/q;+1/p-1. The van der Waals surface area contributed by atoms with Gasteiger partial charge in [0.05, 0.1) is 4.91 Å². The Morgan fingerprint density at radius 2 is 1.63 bits per heavy atom. The minimum Gasteiger partial charge on any atom is -0.550 e. The Balaban J connectivity index is 0.00000336. The third kappa shape index (κ3) is 7.07. The Morgan fingerprint density at radius 3 is 2.32 bits per heavy atom. The quantitative estimate of drug-likeness (QED) is 0.281. The summed E-state index contributed by atoms with van der Waals surface area (Å²) in [5, 5.41) is 17.0. The van der Waals surface area contributed by atoms with Crippen molar-refractivity contribution in [3.63, 3.8) is 0 Å². The van der Waals surface area contributed by atoms with Crippen LogP contribution in [0.5, 0.6) is 5.75 Å². The number of aliphatic carboxylic acids is 1. The fraction of sp³-hybridized carbons (Fsp3) is 0.0690. The molecule has 0 fully saturated rings. The molecule has 1 aliphatic rings. The number of carbonyl (C=O) groups excluding carboxylic acids is 2. The number of amides is 1. The Labute approximate surface area is 251 Å². The largest absolute Gasteiger partial charge is 1.00 e. The van der Waals surface area contributed by atoms with Gasteiger partial charge in [0.1, 0.15) is 12.4 Å². The summed E-state index contributed by atoms with van der Waals surface area (Å²) in [6, 6.07) is 26.2. The Bertz CT molecular complexity index is 1550. The van der Waals surface area contributed by atoms with Crippen LogP contribution < -0.4 is 44.7 Å². The van der Waals surface area contributed by atoms with Gasteiger partial charge in [0.2, 0.25) is 0 Å². The van der Waals surface area contributed by atoms with Crippen molar-refractivity contribution in [2.75, 3.05) is 5.32 Å². The van der Waals surface area contributed by atoms with Crippen molar-refractivity contribution in [3.8, 4) is 5.75 Å². The number of amidine groups is 1. The van der Waals surface area contributed by atoms with Crippen molar-refractivity contribution in [2.24, 2.45) is 4.99 Å². The number of halogens is 1. The van der Waals surface area contributed by atoms with Gasteiger partial charge in [-0.15, -0.1) is 0 Å². The molecule has 5 rings (SSSR count). The van der Waals surface area contributed by atoms with Crippen molar-refractivity contribution in [1.82, 2.24) is 0 Å². The van der Waals surface area contributed by atoms with Gasteiger partial charge in [-0.2, -0.15) is 4.99 Å². The van der Waals surface area contributed by atoms with Crippen LogP contribution in [0.15, 0.2) is 94.8 Å². The minimum atomic E-state index is -1.14. The van der Waals surface area contributed by atoms with Gasteiger partial charge in [-0.1, -0.05) is 60.1 Å². The number of carbonyl (C=O) groups is 2. The van der Waals surface area contributed by atoms with Crippen molar-refractivity contribution in [3.05, 3.63) is 112 Å². The molecule has 0 atom stereocenters. The molecule has 1 heterocycles. The molecule has 6 nitrogen and oxygen atoms in total. The van der Waals surface area contributed by atoms with Crippen LogP contribution in [0.25, 0.3) is 16.8 Å². The summed E-state index contributed by atoms with van der Waals surface area (Å²) >= 11 is 7.22. The molecule has 4 aromatic carbocycles. The number of carboxylic acids is 1. The number of ether oxygens (including phenoxy) is 1. The van der Waals surface area contributed by atoms with Crippen LogP contribution in [0.4, 0.5) is 5.69 Å². The first kappa shape index (κ1) is 28.0. The molecule has 0 spiro atoms. The molecular formula is C29H20ClN2NaO4S. The van der Waals surface area contributed by atoms with E-state index in [0.29, 0.717) is 38.7 Å². The SMILES string of the molecule is O=C([O-])Cc1ccc(NC2=NC(=O)C(=Cc3cc4ccccc4cc3OCc3ccc(Cl)cc3)S2)cc1.[Na+]. The zero-order valence-electron chi connectivity index (χ0n) is 20.4. The number of nitrogens with one attached hydrogen (secondary N) is 1. The monoisotopic (exact) mass is 550 g/mol. The molecule has 1 N–H and O–H groups in total. The average molecular weight is 551 g/mol. The van der Waals surface area contributed by atoms with E-state index in [1.54, 1.807) is 30.3 Å². The second-order valence-corrected chi connectivity index (χ2v) is 9.82. The summed E-state index contributed by atoms with van der Waals surface area (Å²) in [5.74, 6) is -0.834. The van der Waals surface area contributed by atoms with E-state index in [9.17, 15) is 14.7 Å². The van der Waals surface area contributed by atoms with Gasteiger partial charge in [0.15, 0.2) is 5.17 Å². The van der Waals surface area contributed by atoms with E-state index in [4.69, 9.17) is 16.3 Å². The number of nitrogens with zero attached hydrogens (tertiary/aromatic N) is 1. The van der Waals surface area contributed by atoms with E-state index < -0.39 is 5.97 Å². The second kappa shape index (κ2) is 12.7. The third-order valence-corrected chi connectivity index (χ3v) is 6.80. The van der Waals surface area contributed by atoms with Crippen molar-refractivity contribution in [1.29, 1.82) is 0 Å². The maximum atomic E-state index is 12.7. The third-order valence-electron chi connectivity index (χ3n) is 5.65. The van der Waals surface area contributed by atoms with Crippen LogP contribution >= 0.6 is 23.4 Å². The molecule has 0 aromatic heterocycles. The van der Waals surface area contributed by atoms with Crippen LogP contribution in [-0.2, 0) is 22.6 Å². The molecule has 1 aliphatic heterocycles. The number of benzene rings is 4. The zero-order chi connectivity index (χ0) is 25.8. The molecule has 0 radical (unpaired) electrons. The summed E-state index contributed by atoms with van der Waals surface area (Å²) in [6.45, 7) is 0.351. The number of fused-ring (bicyclic) bond motifs is 1. The topological polar surface area (TPSA) is 90.8 Å². The molecule has 0 saturated carbocycles. The molecule has 0 aliphatic carbocycles. The van der Waals surface area contributed by atoms with Crippen LogP contribution in [0, 0.1) is 0 Å². The van der Waals surface area contributed by atoms with Gasteiger partial charge in [-0.05, 0) is 76.1 Å². The van der Waals surface area contributed by atoms with Crippen LogP contribution in [0.3, 0.4) is 0 Å². The van der Waals surface area contributed by atoms with Gasteiger partial charge in [-0.25, -0.2) is 0 Å². The molecule has 0 saturated heterocycles. The van der Waals surface area contributed by atoms with Crippen molar-refractivity contribution in [2.45, 2.75) is 13.0 Å². The molecule has 4 aromatic rings. The molecular weight excluding hydrogens is 531 g/mol. The summed E-state index contributed by atoms with van der Waals surface area (Å²) in [7, 11) is 0. The first-order valence-electron chi connectivity index (χ1n) is 11.4. The van der Waals surface area contributed by atoms with Crippen molar-refractivity contribution < 1.29 is 49.0 Å². The number of rotatable bonds is 7. The summed E-state index contributed by atoms with van der Waals surface area (Å²) in [4.78, 5) is 28.1. The Kier molecular flexibility index (Phi) is 9.31. The first-order chi connectivity index (χ1) is 17.9. The maximum Gasteiger partial charge on any atom is 1.00 e. The van der Waals surface area contributed by atoms with Gasteiger partial charge in [0, 0.05) is 28.7 Å². The van der Waals surface area contributed by atoms with E-state index in [1.165, 1.54) is 11.8 Å². The molecule has 0 unspecified atom stereocenters. The van der Waals surface area contributed by atoms with E-state index in [-0.39, 0.29) is 41.9 Å². The molecule has 1 amide bonds. The minimum absolute atomic E-state index is 0. The van der Waals surface area contributed by atoms with E-state index in [0.717, 1.165) is 21.9 Å². The Morgan fingerprint density at radius 1 is 0.974 bits per heavy atom. The van der Waals surface area contributed by atoms with Gasteiger partial charge >= 0.3 is 29.6 Å². The van der Waals surface area contributed by atoms with E-state index in [1.807, 2.05) is 60.7 Å². The number of hydrogen-bond acceptors (Lipinski definition) is 6. The van der Waals surface area contributed by atoms with E-state index >= 15 is 0 Å². The fourth-order valence-corrected chi connectivity index (χ4v) is 4.77. The smallest absolute Gasteiger partial charge is 0.550 e. The molecule has 9 heteroatoms. The number of aliphatic imine (C=N–C) groups is 1. The number of anilines is 1. The predicted octanol–water partition coefficient (Wildman–Crippen LogP) is 2.45. The molecule has 184 valence electrons. The van der Waals surface area contributed by atoms with Gasteiger partial charge in [0.25, 0.3) is 5.91 Å². The van der Waals surface area contributed by atoms with Crippen molar-refractivity contribution >= 4 is 62.9 Å². The van der Waals surface area contributed by atoms with Crippen LogP contribution in [0.1, 0.15) is 16.7 Å². The molecule has 38 heavy (non-hydrogen) atoms. The van der Waals surface area contributed by atoms with Crippen LogP contribution in [0.2, 0.25) is 5.02 Å². The summed E-state index contributed by atoms with van der Waals surface area (Å²) in [5.41, 5.74) is 3.07. The Hall–Kier alpha value is -3.07. The second-order valence-electron chi connectivity index (χ2n) is 8.36. The number of thioether (sulfide) groups is 1. The van der Waals surface area contributed by atoms with Gasteiger partial charge < -0.3 is 20.0 Å². The fourth-order valence-electron chi connectivity index (χ4n) is 3.82. The maximum absolute atomic E-state index is 12.7. The number of carboxylic acid groups (broad SMARTS) is 1. The normalized spacial score (nSPS) is 13.8. The first-order valence-corrected chi connectivity index (χ1v) is 12.6. The van der Waals surface area contributed by atoms with E-state index in [2.05, 4.69) is 10.3 Å². The van der Waals surface area contributed by atoms with Crippen LogP contribution in [-0.4, -0.2) is 17.0 Å². The summed E-state index contributed by atoms with van der Waals surface area (Å²) in [6.07, 6.45) is 1.63.